The molecule has 3 heterocycles. The quantitative estimate of drug-likeness (QED) is 0.844. The Morgan fingerprint density at radius 2 is 2.21 bits per heavy atom. The second kappa shape index (κ2) is 8.06. The van der Waals surface area contributed by atoms with Gasteiger partial charge in [-0.25, -0.2) is 4.98 Å². The molecule has 0 atom stereocenters. The summed E-state index contributed by atoms with van der Waals surface area (Å²) in [5.41, 5.74) is 2.17. The van der Waals surface area contributed by atoms with Gasteiger partial charge in [0.15, 0.2) is 0 Å². The molecule has 0 unspecified atom stereocenters. The number of piperidine rings is 1. The molecule has 128 valence electrons. The van der Waals surface area contributed by atoms with E-state index in [4.69, 9.17) is 4.98 Å². The largest absolute Gasteiger partial charge is 0.349 e. The van der Waals surface area contributed by atoms with Crippen molar-refractivity contribution in [3.05, 3.63) is 47.8 Å². The third-order valence-corrected chi connectivity index (χ3v) is 4.56. The van der Waals surface area contributed by atoms with Gasteiger partial charge in [-0.1, -0.05) is 6.07 Å². The topological polar surface area (TPSA) is 71.8 Å². The number of aromatic nitrogens is 3. The fourth-order valence-electron chi connectivity index (χ4n) is 3.06. The number of hydrogen-bond acceptors (Lipinski definition) is 4. The van der Waals surface area contributed by atoms with Crippen LogP contribution < -0.4 is 10.6 Å². The lowest BCUT2D eigenvalue weighted by molar-refractivity contribution is -0.121. The van der Waals surface area contributed by atoms with Crippen LogP contribution in [0.5, 0.6) is 0 Å². The summed E-state index contributed by atoms with van der Waals surface area (Å²) in [6, 6.07) is 6.18. The predicted molar refractivity (Wildman–Crippen MR) is 92.5 cm³/mol. The number of aryl methyl sites for hydroxylation is 2. The molecule has 0 radical (unpaired) electrons. The van der Waals surface area contributed by atoms with Gasteiger partial charge in [0.25, 0.3) is 0 Å². The van der Waals surface area contributed by atoms with Crippen molar-refractivity contribution in [2.75, 3.05) is 13.1 Å². The van der Waals surface area contributed by atoms with Gasteiger partial charge in [0.1, 0.15) is 5.82 Å². The van der Waals surface area contributed by atoms with Gasteiger partial charge in [-0.2, -0.15) is 0 Å². The van der Waals surface area contributed by atoms with E-state index < -0.39 is 0 Å². The minimum absolute atomic E-state index is 0.0343. The van der Waals surface area contributed by atoms with E-state index in [1.54, 1.807) is 6.20 Å². The highest BCUT2D eigenvalue weighted by Crippen LogP contribution is 2.23. The average Bonchev–Trinajstić information content (AvgIpc) is 3.04. The molecule has 3 rings (SSSR count). The Kier molecular flexibility index (Phi) is 5.59. The van der Waals surface area contributed by atoms with Crippen LogP contribution in [0.25, 0.3) is 0 Å². The van der Waals surface area contributed by atoms with Gasteiger partial charge in [-0.15, -0.1) is 0 Å². The van der Waals surface area contributed by atoms with Crippen molar-refractivity contribution >= 4 is 5.91 Å². The van der Waals surface area contributed by atoms with Gasteiger partial charge in [0.2, 0.25) is 5.91 Å². The number of hydrogen-bond donors (Lipinski definition) is 2. The third kappa shape index (κ3) is 4.41. The monoisotopic (exact) mass is 327 g/mol. The van der Waals surface area contributed by atoms with E-state index in [1.165, 1.54) is 5.69 Å². The molecule has 2 N–H and O–H groups in total. The summed E-state index contributed by atoms with van der Waals surface area (Å²) < 4.78 is 1.91. The first-order valence-electron chi connectivity index (χ1n) is 8.62. The maximum Gasteiger partial charge on any atom is 0.220 e. The Bertz CT molecular complexity index is 676. The Balaban J connectivity index is 1.49. The van der Waals surface area contributed by atoms with Crippen LogP contribution in [0, 0.1) is 0 Å². The number of rotatable bonds is 6. The van der Waals surface area contributed by atoms with Gasteiger partial charge in [0, 0.05) is 43.2 Å². The number of carbonyl (C=O) groups is 1. The zero-order valence-electron chi connectivity index (χ0n) is 14.2. The second-order valence-corrected chi connectivity index (χ2v) is 6.31. The van der Waals surface area contributed by atoms with Crippen LogP contribution in [0.3, 0.4) is 0 Å². The highest BCUT2D eigenvalue weighted by atomic mass is 16.1. The van der Waals surface area contributed by atoms with Crippen LogP contribution in [0.15, 0.2) is 30.6 Å². The molecule has 1 fully saturated rings. The van der Waals surface area contributed by atoms with Gasteiger partial charge >= 0.3 is 0 Å². The van der Waals surface area contributed by atoms with Gasteiger partial charge in [-0.3, -0.25) is 9.78 Å². The molecule has 1 aliphatic heterocycles. The normalized spacial score (nSPS) is 15.4. The van der Waals surface area contributed by atoms with Crippen molar-refractivity contribution in [1.82, 2.24) is 25.2 Å². The van der Waals surface area contributed by atoms with E-state index in [2.05, 4.69) is 27.8 Å². The molecule has 0 aromatic carbocycles. The van der Waals surface area contributed by atoms with E-state index >= 15 is 0 Å². The smallest absolute Gasteiger partial charge is 0.220 e. The summed E-state index contributed by atoms with van der Waals surface area (Å²) in [5, 5.41) is 6.30. The van der Waals surface area contributed by atoms with Crippen LogP contribution in [-0.4, -0.2) is 33.5 Å². The van der Waals surface area contributed by atoms with Crippen molar-refractivity contribution in [3.63, 3.8) is 0 Å². The minimum Gasteiger partial charge on any atom is -0.349 e. The van der Waals surface area contributed by atoms with Gasteiger partial charge in [0.05, 0.1) is 6.54 Å². The summed E-state index contributed by atoms with van der Waals surface area (Å²) in [4.78, 5) is 21.0. The summed E-state index contributed by atoms with van der Waals surface area (Å²) in [5.74, 6) is 1.44. The summed E-state index contributed by atoms with van der Waals surface area (Å²) >= 11 is 0. The van der Waals surface area contributed by atoms with Crippen molar-refractivity contribution in [2.45, 2.75) is 38.1 Å². The highest BCUT2D eigenvalue weighted by molar-refractivity contribution is 5.75. The molecule has 1 saturated heterocycles. The standard InChI is InChI=1S/C18H25N5O/c1-23-12-11-20-17(23)13-21-18(24)6-5-15-3-2-4-16(22-15)14-7-9-19-10-8-14/h2-4,11-12,14,19H,5-10,13H2,1H3,(H,21,24). The lowest BCUT2D eigenvalue weighted by atomic mass is 9.94. The third-order valence-electron chi connectivity index (χ3n) is 4.56. The molecule has 0 spiro atoms. The number of nitrogens with zero attached hydrogens (tertiary/aromatic N) is 3. The first kappa shape index (κ1) is 16.6. The second-order valence-electron chi connectivity index (χ2n) is 6.31. The molecule has 24 heavy (non-hydrogen) atoms. The fourth-order valence-corrected chi connectivity index (χ4v) is 3.06. The number of imidazole rings is 1. The van der Waals surface area contributed by atoms with E-state index in [9.17, 15) is 4.79 Å². The van der Waals surface area contributed by atoms with E-state index in [1.807, 2.05) is 23.9 Å². The number of nitrogens with one attached hydrogen (secondary N) is 2. The van der Waals surface area contributed by atoms with Crippen LogP contribution in [0.2, 0.25) is 0 Å². The lowest BCUT2D eigenvalue weighted by Crippen LogP contribution is -2.27. The molecular weight excluding hydrogens is 302 g/mol. The highest BCUT2D eigenvalue weighted by Gasteiger charge is 2.16. The summed E-state index contributed by atoms with van der Waals surface area (Å²) in [6.45, 7) is 2.59. The predicted octanol–water partition coefficient (Wildman–Crippen LogP) is 1.53. The first-order chi connectivity index (χ1) is 11.7. The minimum atomic E-state index is 0.0343. The molecule has 1 aliphatic rings. The molecular formula is C18H25N5O. The van der Waals surface area contributed by atoms with Crippen molar-refractivity contribution in [1.29, 1.82) is 0 Å². The molecule has 0 bridgehead atoms. The Morgan fingerprint density at radius 3 is 2.96 bits per heavy atom. The molecule has 6 nitrogen and oxygen atoms in total. The zero-order valence-corrected chi connectivity index (χ0v) is 14.2. The maximum absolute atomic E-state index is 12.0. The zero-order chi connectivity index (χ0) is 16.8. The maximum atomic E-state index is 12.0. The fraction of sp³-hybridized carbons (Fsp3) is 0.500. The van der Waals surface area contributed by atoms with E-state index in [0.29, 0.717) is 25.3 Å². The average molecular weight is 327 g/mol. The van der Waals surface area contributed by atoms with Crippen LogP contribution in [0.4, 0.5) is 0 Å². The molecule has 0 saturated carbocycles. The van der Waals surface area contributed by atoms with Gasteiger partial charge in [-0.05, 0) is 44.5 Å². The molecule has 0 aliphatic carbocycles. The van der Waals surface area contributed by atoms with Crippen LogP contribution in [-0.2, 0) is 24.8 Å². The number of amides is 1. The Morgan fingerprint density at radius 1 is 1.38 bits per heavy atom. The number of carbonyl (C=O) groups excluding carboxylic acids is 1. The summed E-state index contributed by atoms with van der Waals surface area (Å²) in [7, 11) is 1.92. The molecule has 1 amide bonds. The number of pyridine rings is 1. The lowest BCUT2D eigenvalue weighted by Gasteiger charge is -2.22. The van der Waals surface area contributed by atoms with Crippen LogP contribution >= 0.6 is 0 Å². The van der Waals surface area contributed by atoms with E-state index in [-0.39, 0.29) is 5.91 Å². The Hall–Kier alpha value is -2.21. The van der Waals surface area contributed by atoms with Crippen LogP contribution in [0.1, 0.15) is 42.4 Å². The van der Waals surface area contributed by atoms with Crippen molar-refractivity contribution < 1.29 is 4.79 Å². The SMILES string of the molecule is Cn1ccnc1CNC(=O)CCc1cccc(C2CCNCC2)n1. The van der Waals surface area contributed by atoms with Crippen molar-refractivity contribution in [3.8, 4) is 0 Å². The Labute approximate surface area is 142 Å². The van der Waals surface area contributed by atoms with Crippen molar-refractivity contribution in [2.24, 2.45) is 7.05 Å². The van der Waals surface area contributed by atoms with Gasteiger partial charge < -0.3 is 15.2 Å². The molecule has 2 aromatic heterocycles. The first-order valence-corrected chi connectivity index (χ1v) is 8.62. The summed E-state index contributed by atoms with van der Waals surface area (Å²) in [6.07, 6.45) is 7.01. The molecule has 6 heteroatoms. The molecule has 2 aromatic rings. The van der Waals surface area contributed by atoms with E-state index in [0.717, 1.165) is 37.4 Å².